The van der Waals surface area contributed by atoms with Crippen molar-refractivity contribution < 1.29 is 0 Å². The molecule has 32 heavy (non-hydrogen) atoms. The summed E-state index contributed by atoms with van der Waals surface area (Å²) in [6.07, 6.45) is 6.60. The maximum Gasteiger partial charge on any atom is 0.252 e. The summed E-state index contributed by atoms with van der Waals surface area (Å²) in [4.78, 5) is 18.6. The Morgan fingerprint density at radius 3 is 2.66 bits per heavy atom. The van der Waals surface area contributed by atoms with E-state index in [0.717, 1.165) is 48.0 Å². The van der Waals surface area contributed by atoms with E-state index in [0.29, 0.717) is 12.6 Å². The fourth-order valence-electron chi connectivity index (χ4n) is 4.96. The molecule has 0 unspecified atom stereocenters. The van der Waals surface area contributed by atoms with Crippen LogP contribution in [0, 0.1) is 6.92 Å². The molecule has 0 radical (unpaired) electrons. The third kappa shape index (κ3) is 4.35. The van der Waals surface area contributed by atoms with E-state index in [1.54, 1.807) is 0 Å². The van der Waals surface area contributed by atoms with Crippen molar-refractivity contribution in [2.24, 2.45) is 0 Å². The summed E-state index contributed by atoms with van der Waals surface area (Å²) in [5.74, 6) is 0.902. The quantitative estimate of drug-likeness (QED) is 0.545. The number of fused-ring (bicyclic) bond motifs is 1. The molecule has 1 N–H and O–H groups in total. The highest BCUT2D eigenvalue weighted by molar-refractivity contribution is 5.79. The molecule has 1 saturated carbocycles. The smallest absolute Gasteiger partial charge is 0.252 e. The zero-order chi connectivity index (χ0) is 22.9. The first-order valence-electron chi connectivity index (χ1n) is 12.0. The minimum Gasteiger partial charge on any atom is -0.322 e. The monoisotopic (exact) mass is 436 g/mol. The molecule has 0 amide bonds. The van der Waals surface area contributed by atoms with E-state index in [4.69, 9.17) is 0 Å². The van der Waals surface area contributed by atoms with E-state index in [2.05, 4.69) is 72.2 Å². The number of tetrazole rings is 1. The Morgan fingerprint density at radius 2 is 1.97 bits per heavy atom. The number of pyridine rings is 1. The van der Waals surface area contributed by atoms with Gasteiger partial charge in [0.2, 0.25) is 0 Å². The molecule has 2 aromatic heterocycles. The van der Waals surface area contributed by atoms with Crippen LogP contribution < -0.4 is 5.56 Å². The summed E-state index contributed by atoms with van der Waals surface area (Å²) >= 11 is 0. The van der Waals surface area contributed by atoms with Gasteiger partial charge in [-0.05, 0) is 80.5 Å². The van der Waals surface area contributed by atoms with Crippen LogP contribution in [0.2, 0.25) is 0 Å². The summed E-state index contributed by atoms with van der Waals surface area (Å²) in [6.45, 7) is 11.4. The summed E-state index contributed by atoms with van der Waals surface area (Å²) in [5, 5.41) is 14.0. The lowest BCUT2D eigenvalue weighted by molar-refractivity contribution is 0.106. The van der Waals surface area contributed by atoms with Crippen molar-refractivity contribution >= 4 is 10.9 Å². The van der Waals surface area contributed by atoms with Crippen LogP contribution in [0.3, 0.4) is 0 Å². The van der Waals surface area contributed by atoms with Gasteiger partial charge < -0.3 is 4.98 Å². The van der Waals surface area contributed by atoms with Crippen molar-refractivity contribution in [1.29, 1.82) is 0 Å². The Bertz CT molecular complexity index is 1120. The van der Waals surface area contributed by atoms with Crippen LogP contribution in [0.5, 0.6) is 0 Å². The van der Waals surface area contributed by atoms with Crippen molar-refractivity contribution in [1.82, 2.24) is 30.1 Å². The van der Waals surface area contributed by atoms with Crippen LogP contribution in [0.4, 0.5) is 0 Å². The molecule has 1 aliphatic carbocycles. The van der Waals surface area contributed by atoms with Gasteiger partial charge in [-0.25, -0.2) is 4.68 Å². The predicted octanol–water partition coefficient (Wildman–Crippen LogP) is 4.86. The highest BCUT2D eigenvalue weighted by atomic mass is 16.1. The lowest BCUT2D eigenvalue weighted by Crippen LogP contribution is -2.40. The van der Waals surface area contributed by atoms with E-state index in [9.17, 15) is 4.79 Å². The Balaban J connectivity index is 1.75. The lowest BCUT2D eigenvalue weighted by Gasteiger charge is -2.36. The standard InChI is InChI=1S/C25H36N6O/c1-6-22(23-27-28-29-31(23)25(4,5)7-2)30(20-10-8-9-11-20)16-19-15-18-14-17(3)12-13-21(18)26-24(19)32/h12-15,20,22H,6-11,16H2,1-5H3,(H,26,32)/t22-/m1/s1. The number of aromatic nitrogens is 5. The molecule has 7 heteroatoms. The van der Waals surface area contributed by atoms with Crippen molar-refractivity contribution in [3.05, 3.63) is 51.6 Å². The zero-order valence-electron chi connectivity index (χ0n) is 20.1. The minimum atomic E-state index is -0.161. The molecule has 4 rings (SSSR count). The Hall–Kier alpha value is -2.54. The van der Waals surface area contributed by atoms with Crippen LogP contribution in [0.1, 0.15) is 89.2 Å². The summed E-state index contributed by atoms with van der Waals surface area (Å²) in [6, 6.07) is 8.71. The molecule has 3 aromatic rings. The van der Waals surface area contributed by atoms with Gasteiger partial charge in [0, 0.05) is 23.7 Å². The van der Waals surface area contributed by atoms with Crippen molar-refractivity contribution in [3.63, 3.8) is 0 Å². The lowest BCUT2D eigenvalue weighted by atomic mass is 10.00. The van der Waals surface area contributed by atoms with Crippen LogP contribution in [0.25, 0.3) is 10.9 Å². The Labute approximate surface area is 190 Å². The van der Waals surface area contributed by atoms with Crippen LogP contribution >= 0.6 is 0 Å². The second-order valence-electron chi connectivity index (χ2n) is 9.86. The number of rotatable bonds is 8. The van der Waals surface area contributed by atoms with Gasteiger partial charge in [-0.3, -0.25) is 9.69 Å². The van der Waals surface area contributed by atoms with Gasteiger partial charge in [0.1, 0.15) is 0 Å². The topological polar surface area (TPSA) is 79.7 Å². The molecule has 0 aliphatic heterocycles. The van der Waals surface area contributed by atoms with Crippen molar-refractivity contribution in [3.8, 4) is 0 Å². The number of nitrogens with zero attached hydrogens (tertiary/aromatic N) is 5. The molecule has 7 nitrogen and oxygen atoms in total. The zero-order valence-corrected chi connectivity index (χ0v) is 20.1. The first-order valence-corrected chi connectivity index (χ1v) is 12.0. The number of hydrogen-bond donors (Lipinski definition) is 1. The number of aryl methyl sites for hydroxylation is 1. The first-order chi connectivity index (χ1) is 15.3. The minimum absolute atomic E-state index is 0.00678. The first kappa shape index (κ1) is 22.6. The van der Waals surface area contributed by atoms with Crippen LogP contribution in [-0.2, 0) is 12.1 Å². The van der Waals surface area contributed by atoms with E-state index in [1.165, 1.54) is 18.4 Å². The number of nitrogens with one attached hydrogen (secondary N) is 1. The van der Waals surface area contributed by atoms with Crippen LogP contribution in [0.15, 0.2) is 29.1 Å². The second kappa shape index (κ2) is 9.14. The Kier molecular flexibility index (Phi) is 6.47. The highest BCUT2D eigenvalue weighted by Crippen LogP contribution is 2.35. The van der Waals surface area contributed by atoms with Gasteiger partial charge in [-0.2, -0.15) is 0 Å². The average molecular weight is 437 g/mol. The highest BCUT2D eigenvalue weighted by Gasteiger charge is 2.35. The maximum atomic E-state index is 13.0. The number of aromatic amines is 1. The molecular formula is C25H36N6O. The molecule has 1 atom stereocenters. The summed E-state index contributed by atoms with van der Waals surface area (Å²) in [7, 11) is 0. The maximum absolute atomic E-state index is 13.0. The number of hydrogen-bond acceptors (Lipinski definition) is 5. The largest absolute Gasteiger partial charge is 0.322 e. The molecule has 0 bridgehead atoms. The van der Waals surface area contributed by atoms with Gasteiger partial charge in [0.15, 0.2) is 5.82 Å². The van der Waals surface area contributed by atoms with Crippen molar-refractivity contribution in [2.75, 3.05) is 0 Å². The van der Waals surface area contributed by atoms with Gasteiger partial charge in [-0.1, -0.05) is 38.3 Å². The summed E-state index contributed by atoms with van der Waals surface area (Å²) in [5.41, 5.74) is 2.72. The van der Waals surface area contributed by atoms with E-state index in [1.807, 2.05) is 16.8 Å². The average Bonchev–Trinajstić information content (AvgIpc) is 3.47. The molecule has 2 heterocycles. The van der Waals surface area contributed by atoms with E-state index < -0.39 is 0 Å². The fraction of sp³-hybridized carbons (Fsp3) is 0.600. The molecule has 0 saturated heterocycles. The normalized spacial score (nSPS) is 16.3. The number of H-pyrrole nitrogens is 1. The van der Waals surface area contributed by atoms with Gasteiger partial charge in [0.05, 0.1) is 11.6 Å². The third-order valence-corrected chi connectivity index (χ3v) is 7.24. The van der Waals surface area contributed by atoms with E-state index in [-0.39, 0.29) is 17.1 Å². The molecule has 1 aromatic carbocycles. The molecule has 1 fully saturated rings. The van der Waals surface area contributed by atoms with Gasteiger partial charge >= 0.3 is 0 Å². The van der Waals surface area contributed by atoms with Gasteiger partial charge in [-0.15, -0.1) is 5.10 Å². The second-order valence-corrected chi connectivity index (χ2v) is 9.86. The fourth-order valence-corrected chi connectivity index (χ4v) is 4.96. The SMILES string of the molecule is CC[C@H](c1nnnn1C(C)(C)CC)N(Cc1cc2cc(C)ccc2[nH]c1=O)C1CCCC1. The molecular weight excluding hydrogens is 400 g/mol. The van der Waals surface area contributed by atoms with Crippen molar-refractivity contribution in [2.45, 2.75) is 97.3 Å². The molecule has 1 aliphatic rings. The Morgan fingerprint density at radius 1 is 1.22 bits per heavy atom. The predicted molar refractivity (Wildman–Crippen MR) is 128 cm³/mol. The van der Waals surface area contributed by atoms with Crippen LogP contribution in [-0.4, -0.2) is 36.1 Å². The van der Waals surface area contributed by atoms with E-state index >= 15 is 0 Å². The molecule has 172 valence electrons. The molecule has 0 spiro atoms. The third-order valence-electron chi connectivity index (χ3n) is 7.24. The summed E-state index contributed by atoms with van der Waals surface area (Å²) < 4.78 is 2.00. The number of benzene rings is 1. The van der Waals surface area contributed by atoms with Gasteiger partial charge in [0.25, 0.3) is 5.56 Å².